The van der Waals surface area contributed by atoms with Crippen molar-refractivity contribution in [2.75, 3.05) is 0 Å². The van der Waals surface area contributed by atoms with Crippen LogP contribution < -0.4 is 10.6 Å². The average molecular weight is 684 g/mol. The quantitative estimate of drug-likeness (QED) is 0.189. The fraction of sp³-hybridized carbons (Fsp3) is 0.140. The summed E-state index contributed by atoms with van der Waals surface area (Å²) in [6.45, 7) is 4.77. The Balaban J connectivity index is 1.14. The number of nitrogens with one attached hydrogen (secondary N) is 2. The van der Waals surface area contributed by atoms with Gasteiger partial charge in [-0.15, -0.1) is 0 Å². The van der Waals surface area contributed by atoms with E-state index in [9.17, 15) is 0 Å². The molecule has 3 aliphatic rings. The highest BCUT2D eigenvalue weighted by Crippen LogP contribution is 2.54. The Bertz CT molecular complexity index is 2560. The Labute approximate surface area is 311 Å². The monoisotopic (exact) mass is 683 g/mol. The molecule has 3 heteroatoms. The zero-order chi connectivity index (χ0) is 35.5. The molecular formula is C50H41N3. The van der Waals surface area contributed by atoms with Crippen molar-refractivity contribution in [3.8, 4) is 22.3 Å². The first kappa shape index (κ1) is 31.7. The zero-order valence-electron chi connectivity index (χ0n) is 30.1. The van der Waals surface area contributed by atoms with E-state index in [1.807, 2.05) is 0 Å². The highest BCUT2D eigenvalue weighted by Gasteiger charge is 2.39. The molecule has 0 fully saturated rings. The molecule has 0 spiro atoms. The molecule has 3 unspecified atom stereocenters. The highest BCUT2D eigenvalue weighted by atomic mass is 15.3. The number of aliphatic imine (C=N–C) groups is 1. The largest absolute Gasteiger partial charge is 0.350 e. The molecule has 0 aromatic heterocycles. The second-order valence-electron chi connectivity index (χ2n) is 15.2. The molecule has 3 nitrogen and oxygen atoms in total. The summed E-state index contributed by atoms with van der Waals surface area (Å²) in [6, 6.07) is 59.5. The molecule has 0 bridgehead atoms. The van der Waals surface area contributed by atoms with Crippen LogP contribution in [-0.2, 0) is 11.8 Å². The molecule has 2 aliphatic carbocycles. The van der Waals surface area contributed by atoms with Gasteiger partial charge in [0.2, 0.25) is 0 Å². The van der Waals surface area contributed by atoms with Crippen molar-refractivity contribution in [2.45, 2.75) is 43.9 Å². The molecule has 0 amide bonds. The fourth-order valence-corrected chi connectivity index (χ4v) is 9.05. The van der Waals surface area contributed by atoms with Crippen molar-refractivity contribution in [1.82, 2.24) is 10.6 Å². The second-order valence-corrected chi connectivity index (χ2v) is 15.2. The van der Waals surface area contributed by atoms with Crippen LogP contribution in [0.25, 0.3) is 38.6 Å². The molecule has 0 radical (unpaired) electrons. The SMILES string of the molecule is CC1(C)c2ccccc2-c2c1cc1ccccc1c2C1C=C(C2=NC(c3ccccc3)NC(c3ccc(-c4ccccc4)cc3)N2)c2ccccc2C1. The van der Waals surface area contributed by atoms with Crippen LogP contribution in [0.5, 0.6) is 0 Å². The van der Waals surface area contributed by atoms with Crippen molar-refractivity contribution in [3.63, 3.8) is 0 Å². The molecule has 3 atom stereocenters. The van der Waals surface area contributed by atoms with Crippen LogP contribution in [0, 0.1) is 0 Å². The van der Waals surface area contributed by atoms with E-state index < -0.39 is 0 Å². The van der Waals surface area contributed by atoms with Gasteiger partial charge in [0.05, 0.1) is 0 Å². The van der Waals surface area contributed by atoms with E-state index in [2.05, 4.69) is 194 Å². The zero-order valence-corrected chi connectivity index (χ0v) is 30.1. The molecule has 53 heavy (non-hydrogen) atoms. The molecule has 7 aromatic carbocycles. The Kier molecular flexibility index (Phi) is 7.52. The lowest BCUT2D eigenvalue weighted by Crippen LogP contribution is -2.45. The van der Waals surface area contributed by atoms with Crippen LogP contribution in [0.3, 0.4) is 0 Å². The standard InChI is InChI=1S/C50H41N3/c1-50(2)43-24-14-13-23-41(43)46-44(50)31-37-20-10-12-22-40(37)45(46)38-29-36-19-9-11-21-39(36)42(30-38)49-52-47(34-17-7-4-8-18-34)51-48(53-49)35-27-25-33(26-28-35)32-15-5-3-6-16-32/h3-28,30-31,38,47-48,51H,29H2,1-2H3,(H,52,53). The van der Waals surface area contributed by atoms with Crippen molar-refractivity contribution >= 4 is 22.2 Å². The van der Waals surface area contributed by atoms with Crippen molar-refractivity contribution in [1.29, 1.82) is 0 Å². The van der Waals surface area contributed by atoms with Gasteiger partial charge in [0.1, 0.15) is 18.2 Å². The van der Waals surface area contributed by atoms with Gasteiger partial charge >= 0.3 is 0 Å². The summed E-state index contributed by atoms with van der Waals surface area (Å²) >= 11 is 0. The lowest BCUT2D eigenvalue weighted by Gasteiger charge is -2.35. The number of amidine groups is 1. The van der Waals surface area contributed by atoms with E-state index in [0.29, 0.717) is 0 Å². The summed E-state index contributed by atoms with van der Waals surface area (Å²) in [5.74, 6) is 1.07. The third-order valence-corrected chi connectivity index (χ3v) is 11.7. The van der Waals surface area contributed by atoms with Crippen LogP contribution >= 0.6 is 0 Å². The summed E-state index contributed by atoms with van der Waals surface area (Å²) in [5.41, 5.74) is 15.4. The minimum atomic E-state index is -0.214. The second kappa shape index (κ2) is 12.6. The number of hydrogen-bond donors (Lipinski definition) is 2. The van der Waals surface area contributed by atoms with E-state index in [1.54, 1.807) is 0 Å². The lowest BCUT2D eigenvalue weighted by atomic mass is 9.75. The Morgan fingerprint density at radius 1 is 0.604 bits per heavy atom. The fourth-order valence-electron chi connectivity index (χ4n) is 9.05. The molecule has 7 aromatic rings. The molecular weight excluding hydrogens is 643 g/mol. The Morgan fingerprint density at radius 3 is 2.08 bits per heavy atom. The number of allylic oxidation sites excluding steroid dienone is 1. The van der Waals surface area contributed by atoms with Gasteiger partial charge in [-0.3, -0.25) is 5.32 Å². The van der Waals surface area contributed by atoms with E-state index in [1.165, 1.54) is 66.4 Å². The predicted molar refractivity (Wildman–Crippen MR) is 220 cm³/mol. The summed E-state index contributed by atoms with van der Waals surface area (Å²) < 4.78 is 0. The molecule has 2 N–H and O–H groups in total. The van der Waals surface area contributed by atoms with E-state index in [-0.39, 0.29) is 23.7 Å². The van der Waals surface area contributed by atoms with Crippen LogP contribution in [0.15, 0.2) is 175 Å². The topological polar surface area (TPSA) is 36.4 Å². The van der Waals surface area contributed by atoms with Gasteiger partial charge in [0.25, 0.3) is 0 Å². The first-order valence-electron chi connectivity index (χ1n) is 18.8. The minimum absolute atomic E-state index is 0.0866. The molecule has 1 aliphatic heterocycles. The summed E-state index contributed by atoms with van der Waals surface area (Å²) in [4.78, 5) is 5.46. The summed E-state index contributed by atoms with van der Waals surface area (Å²) in [6.07, 6.45) is 3.10. The molecule has 0 saturated carbocycles. The first-order valence-corrected chi connectivity index (χ1v) is 18.8. The predicted octanol–water partition coefficient (Wildman–Crippen LogP) is 11.5. The van der Waals surface area contributed by atoms with Crippen LogP contribution in [0.1, 0.15) is 71.0 Å². The van der Waals surface area contributed by atoms with Crippen LogP contribution in [-0.4, -0.2) is 5.84 Å². The minimum Gasteiger partial charge on any atom is -0.350 e. The Morgan fingerprint density at radius 2 is 1.26 bits per heavy atom. The van der Waals surface area contributed by atoms with E-state index in [0.717, 1.165) is 23.4 Å². The van der Waals surface area contributed by atoms with Crippen LogP contribution in [0.4, 0.5) is 0 Å². The molecule has 0 saturated heterocycles. The van der Waals surface area contributed by atoms with E-state index >= 15 is 0 Å². The third-order valence-electron chi connectivity index (χ3n) is 11.7. The Hall–Kier alpha value is -6.03. The number of nitrogens with zero attached hydrogens (tertiary/aromatic N) is 1. The third kappa shape index (κ3) is 5.34. The number of benzene rings is 7. The molecule has 1 heterocycles. The number of hydrogen-bond acceptors (Lipinski definition) is 3. The molecule has 10 rings (SSSR count). The van der Waals surface area contributed by atoms with Gasteiger partial charge in [-0.2, -0.15) is 0 Å². The molecule has 256 valence electrons. The smallest absolute Gasteiger partial charge is 0.132 e. The van der Waals surface area contributed by atoms with Gasteiger partial charge in [0.15, 0.2) is 0 Å². The van der Waals surface area contributed by atoms with Crippen molar-refractivity contribution in [2.24, 2.45) is 4.99 Å². The first-order chi connectivity index (χ1) is 26.0. The maximum Gasteiger partial charge on any atom is 0.132 e. The average Bonchev–Trinajstić information content (AvgIpc) is 3.45. The van der Waals surface area contributed by atoms with Gasteiger partial charge in [-0.05, 0) is 84.5 Å². The number of rotatable bonds is 5. The normalized spacial score (nSPS) is 19.7. The van der Waals surface area contributed by atoms with Crippen molar-refractivity contribution < 1.29 is 0 Å². The van der Waals surface area contributed by atoms with Gasteiger partial charge in [-0.25, -0.2) is 4.99 Å². The maximum atomic E-state index is 5.46. The highest BCUT2D eigenvalue weighted by molar-refractivity contribution is 6.24. The van der Waals surface area contributed by atoms with Gasteiger partial charge in [-0.1, -0.05) is 178 Å². The lowest BCUT2D eigenvalue weighted by molar-refractivity contribution is 0.410. The maximum absolute atomic E-state index is 5.46. The van der Waals surface area contributed by atoms with E-state index in [4.69, 9.17) is 4.99 Å². The van der Waals surface area contributed by atoms with Crippen molar-refractivity contribution in [3.05, 3.63) is 209 Å². The summed E-state index contributed by atoms with van der Waals surface area (Å²) in [5, 5.41) is 10.4. The van der Waals surface area contributed by atoms with Gasteiger partial charge in [0, 0.05) is 16.9 Å². The summed E-state index contributed by atoms with van der Waals surface area (Å²) in [7, 11) is 0. The number of fused-ring (bicyclic) bond motifs is 5. The van der Waals surface area contributed by atoms with Gasteiger partial charge < -0.3 is 5.32 Å². The van der Waals surface area contributed by atoms with Crippen LogP contribution in [0.2, 0.25) is 0 Å².